The average molecular weight is 349 g/mol. The van der Waals surface area contributed by atoms with E-state index < -0.39 is 0 Å². The van der Waals surface area contributed by atoms with Crippen molar-refractivity contribution in [2.24, 2.45) is 0 Å². The Bertz CT molecular complexity index is 927. The maximum absolute atomic E-state index is 12.7. The first kappa shape index (κ1) is 16.9. The highest BCUT2D eigenvalue weighted by Gasteiger charge is 2.14. The third-order valence-electron chi connectivity index (χ3n) is 4.91. The summed E-state index contributed by atoms with van der Waals surface area (Å²) in [7, 11) is 0. The number of hydrogen-bond donors (Lipinski definition) is 1. The fourth-order valence-electron chi connectivity index (χ4n) is 3.52. The summed E-state index contributed by atoms with van der Waals surface area (Å²) >= 11 is 0. The second-order valence-corrected chi connectivity index (χ2v) is 6.75. The van der Waals surface area contributed by atoms with E-state index in [1.807, 2.05) is 48.5 Å². The standard InChI is InChI=1S/C22H23NO3/c24-18-15-21(16-7-2-1-3-8-16)26-20-11-6-10-19(22(18)20)25-14-12-17-9-4-5-13-23-17/h1-3,6-8,10-11,15,17,23H,4-5,9,12-14H2. The Hall–Kier alpha value is -2.59. The molecule has 0 radical (unpaired) electrons. The number of fused-ring (bicyclic) bond motifs is 1. The van der Waals surface area contributed by atoms with Crippen LogP contribution in [0, 0.1) is 0 Å². The van der Waals surface area contributed by atoms with Gasteiger partial charge in [0.15, 0.2) is 5.43 Å². The van der Waals surface area contributed by atoms with Gasteiger partial charge < -0.3 is 14.5 Å². The summed E-state index contributed by atoms with van der Waals surface area (Å²) in [4.78, 5) is 12.7. The van der Waals surface area contributed by atoms with Crippen molar-refractivity contribution in [2.45, 2.75) is 31.7 Å². The molecule has 1 atom stereocenters. The van der Waals surface area contributed by atoms with Crippen molar-refractivity contribution in [3.63, 3.8) is 0 Å². The van der Waals surface area contributed by atoms with Gasteiger partial charge in [-0.25, -0.2) is 0 Å². The van der Waals surface area contributed by atoms with Crippen molar-refractivity contribution >= 4 is 11.0 Å². The van der Waals surface area contributed by atoms with E-state index in [9.17, 15) is 4.79 Å². The SMILES string of the molecule is O=c1cc(-c2ccccc2)oc2cccc(OCCC3CCCCN3)c12. The van der Waals surface area contributed by atoms with Crippen LogP contribution >= 0.6 is 0 Å². The largest absolute Gasteiger partial charge is 0.493 e. The minimum absolute atomic E-state index is 0.0727. The van der Waals surface area contributed by atoms with Crippen molar-refractivity contribution in [1.29, 1.82) is 0 Å². The van der Waals surface area contributed by atoms with Crippen molar-refractivity contribution in [3.05, 3.63) is 64.8 Å². The zero-order valence-corrected chi connectivity index (χ0v) is 14.7. The topological polar surface area (TPSA) is 51.5 Å². The molecule has 0 saturated carbocycles. The molecule has 1 fully saturated rings. The van der Waals surface area contributed by atoms with Gasteiger partial charge in [0, 0.05) is 17.7 Å². The summed E-state index contributed by atoms with van der Waals surface area (Å²) in [6.45, 7) is 1.68. The van der Waals surface area contributed by atoms with Gasteiger partial charge in [-0.15, -0.1) is 0 Å². The normalized spacial score (nSPS) is 17.3. The van der Waals surface area contributed by atoms with Crippen LogP contribution in [0.1, 0.15) is 25.7 Å². The third kappa shape index (κ3) is 3.65. The smallest absolute Gasteiger partial charge is 0.197 e. The van der Waals surface area contributed by atoms with Gasteiger partial charge in [0.25, 0.3) is 0 Å². The maximum Gasteiger partial charge on any atom is 0.197 e. The first-order valence-corrected chi connectivity index (χ1v) is 9.30. The van der Waals surface area contributed by atoms with E-state index in [1.54, 1.807) is 6.07 Å². The second-order valence-electron chi connectivity index (χ2n) is 6.75. The summed E-state index contributed by atoms with van der Waals surface area (Å²) in [5, 5.41) is 4.04. The Morgan fingerprint density at radius 2 is 1.96 bits per heavy atom. The number of rotatable bonds is 5. The summed E-state index contributed by atoms with van der Waals surface area (Å²) in [6, 6.07) is 17.3. The molecule has 0 amide bonds. The van der Waals surface area contributed by atoms with Crippen molar-refractivity contribution in [2.75, 3.05) is 13.2 Å². The molecule has 1 unspecified atom stereocenters. The minimum atomic E-state index is -0.0727. The van der Waals surface area contributed by atoms with Gasteiger partial charge in [0.1, 0.15) is 22.5 Å². The molecule has 26 heavy (non-hydrogen) atoms. The van der Waals surface area contributed by atoms with Crippen LogP contribution in [0.25, 0.3) is 22.3 Å². The Kier molecular flexibility index (Phi) is 5.02. The van der Waals surface area contributed by atoms with Gasteiger partial charge in [-0.05, 0) is 37.9 Å². The highest BCUT2D eigenvalue weighted by atomic mass is 16.5. The van der Waals surface area contributed by atoms with Crippen LogP contribution in [0.5, 0.6) is 5.75 Å². The summed E-state index contributed by atoms with van der Waals surface area (Å²) in [5.41, 5.74) is 1.38. The summed E-state index contributed by atoms with van der Waals surface area (Å²) in [5.74, 6) is 1.18. The maximum atomic E-state index is 12.7. The molecule has 0 aliphatic carbocycles. The molecule has 1 aliphatic rings. The van der Waals surface area contributed by atoms with Gasteiger partial charge in [-0.2, -0.15) is 0 Å². The first-order chi connectivity index (χ1) is 12.8. The molecule has 1 saturated heterocycles. The van der Waals surface area contributed by atoms with E-state index in [0.717, 1.165) is 18.5 Å². The summed E-state index contributed by atoms with van der Waals surface area (Å²) < 4.78 is 11.9. The first-order valence-electron chi connectivity index (χ1n) is 9.30. The van der Waals surface area contributed by atoms with Crippen LogP contribution in [0.15, 0.2) is 63.8 Å². The van der Waals surface area contributed by atoms with Crippen molar-refractivity contribution in [3.8, 4) is 17.1 Å². The van der Waals surface area contributed by atoms with E-state index in [4.69, 9.17) is 9.15 Å². The second kappa shape index (κ2) is 7.75. The fourth-order valence-corrected chi connectivity index (χ4v) is 3.52. The van der Waals surface area contributed by atoms with Crippen LogP contribution in [-0.2, 0) is 0 Å². The molecule has 4 nitrogen and oxygen atoms in total. The predicted octanol–water partition coefficient (Wildman–Crippen LogP) is 4.37. The van der Waals surface area contributed by atoms with Crippen LogP contribution < -0.4 is 15.5 Å². The van der Waals surface area contributed by atoms with Gasteiger partial charge in [-0.3, -0.25) is 4.79 Å². The molecule has 0 bridgehead atoms. The molecule has 2 heterocycles. The number of benzene rings is 2. The zero-order chi connectivity index (χ0) is 17.8. The molecule has 2 aromatic carbocycles. The molecule has 3 aromatic rings. The molecule has 134 valence electrons. The molecule has 1 aliphatic heterocycles. The minimum Gasteiger partial charge on any atom is -0.493 e. The van der Waals surface area contributed by atoms with Crippen LogP contribution in [0.4, 0.5) is 0 Å². The number of nitrogens with one attached hydrogen (secondary N) is 1. The molecular weight excluding hydrogens is 326 g/mol. The number of ether oxygens (including phenoxy) is 1. The van der Waals surface area contributed by atoms with Crippen LogP contribution in [-0.4, -0.2) is 19.2 Å². The lowest BCUT2D eigenvalue weighted by Crippen LogP contribution is -2.35. The lowest BCUT2D eigenvalue weighted by Gasteiger charge is -2.23. The predicted molar refractivity (Wildman–Crippen MR) is 104 cm³/mol. The molecule has 4 heteroatoms. The van der Waals surface area contributed by atoms with Crippen LogP contribution in [0.2, 0.25) is 0 Å². The molecule has 1 N–H and O–H groups in total. The van der Waals surface area contributed by atoms with Crippen LogP contribution in [0.3, 0.4) is 0 Å². The average Bonchev–Trinajstić information content (AvgIpc) is 2.69. The lowest BCUT2D eigenvalue weighted by atomic mass is 10.0. The van der Waals surface area contributed by atoms with Gasteiger partial charge in [0.05, 0.1) is 6.61 Å². The van der Waals surface area contributed by atoms with Crippen molar-refractivity contribution < 1.29 is 9.15 Å². The van der Waals surface area contributed by atoms with Gasteiger partial charge >= 0.3 is 0 Å². The van der Waals surface area contributed by atoms with Gasteiger partial charge in [-0.1, -0.05) is 42.8 Å². The highest BCUT2D eigenvalue weighted by Crippen LogP contribution is 2.27. The summed E-state index contributed by atoms with van der Waals surface area (Å²) in [6.07, 6.45) is 4.68. The van der Waals surface area contributed by atoms with Crippen molar-refractivity contribution in [1.82, 2.24) is 5.32 Å². The van der Waals surface area contributed by atoms with Gasteiger partial charge in [0.2, 0.25) is 0 Å². The monoisotopic (exact) mass is 349 g/mol. The lowest BCUT2D eigenvalue weighted by molar-refractivity contribution is 0.270. The third-order valence-corrected chi connectivity index (χ3v) is 4.91. The molecular formula is C22H23NO3. The Morgan fingerprint density at radius 3 is 2.77 bits per heavy atom. The highest BCUT2D eigenvalue weighted by molar-refractivity contribution is 5.84. The molecule has 1 aromatic heterocycles. The Morgan fingerprint density at radius 1 is 1.08 bits per heavy atom. The van der Waals surface area contributed by atoms with E-state index in [1.165, 1.54) is 19.3 Å². The molecule has 4 rings (SSSR count). The zero-order valence-electron chi connectivity index (χ0n) is 14.7. The fraction of sp³-hybridized carbons (Fsp3) is 0.318. The Balaban J connectivity index is 1.57. The van der Waals surface area contributed by atoms with E-state index >= 15 is 0 Å². The number of hydrogen-bond acceptors (Lipinski definition) is 4. The van der Waals surface area contributed by atoms with E-state index in [-0.39, 0.29) is 5.43 Å². The molecule has 0 spiro atoms. The van der Waals surface area contributed by atoms with E-state index in [0.29, 0.717) is 35.1 Å². The number of piperidine rings is 1. The quantitative estimate of drug-likeness (QED) is 0.743. The van der Waals surface area contributed by atoms with E-state index in [2.05, 4.69) is 5.32 Å². The Labute approximate surface area is 152 Å².